The van der Waals surface area contributed by atoms with E-state index < -0.39 is 5.60 Å². The molecule has 0 aliphatic heterocycles. The quantitative estimate of drug-likeness (QED) is 0.651. The molecule has 0 saturated heterocycles. The minimum absolute atomic E-state index is 0.0104. The van der Waals surface area contributed by atoms with Crippen LogP contribution in [-0.2, 0) is 0 Å². The number of aliphatic hydroxyl groups is 2. The molecule has 1 aliphatic rings. The molecule has 13 heavy (non-hydrogen) atoms. The summed E-state index contributed by atoms with van der Waals surface area (Å²) in [6.07, 6.45) is 5.36. The highest BCUT2D eigenvalue weighted by atomic mass is 16.3. The van der Waals surface area contributed by atoms with E-state index in [1.165, 1.54) is 0 Å². The zero-order chi connectivity index (χ0) is 9.90. The van der Waals surface area contributed by atoms with Crippen molar-refractivity contribution in [1.29, 1.82) is 0 Å². The molecule has 0 aromatic heterocycles. The van der Waals surface area contributed by atoms with Crippen molar-refractivity contribution in [2.75, 3.05) is 6.61 Å². The molecule has 1 fully saturated rings. The Labute approximate surface area is 79.6 Å². The van der Waals surface area contributed by atoms with Crippen LogP contribution in [0.5, 0.6) is 0 Å². The van der Waals surface area contributed by atoms with E-state index in [2.05, 4.69) is 13.2 Å². The van der Waals surface area contributed by atoms with Gasteiger partial charge in [0.2, 0.25) is 0 Å². The fourth-order valence-corrected chi connectivity index (χ4v) is 2.09. The smallest absolute Gasteiger partial charge is 0.0890 e. The summed E-state index contributed by atoms with van der Waals surface area (Å²) in [7, 11) is 0. The molecule has 0 radical (unpaired) electrons. The van der Waals surface area contributed by atoms with Crippen molar-refractivity contribution < 1.29 is 10.2 Å². The largest absolute Gasteiger partial charge is 0.392 e. The molecule has 1 saturated carbocycles. The summed E-state index contributed by atoms with van der Waals surface area (Å²) in [6, 6.07) is 0. The molecule has 0 bridgehead atoms. The van der Waals surface area contributed by atoms with Crippen molar-refractivity contribution in [2.45, 2.75) is 31.3 Å². The van der Waals surface area contributed by atoms with Gasteiger partial charge in [-0.2, -0.15) is 0 Å². The van der Waals surface area contributed by atoms with Crippen LogP contribution >= 0.6 is 0 Å². The first-order chi connectivity index (χ1) is 6.14. The lowest BCUT2D eigenvalue weighted by molar-refractivity contribution is 0.00762. The highest BCUT2D eigenvalue weighted by molar-refractivity contribution is 5.15. The predicted molar refractivity (Wildman–Crippen MR) is 53.3 cm³/mol. The molecule has 0 aromatic rings. The van der Waals surface area contributed by atoms with Gasteiger partial charge in [0.25, 0.3) is 0 Å². The lowest BCUT2D eigenvalue weighted by atomic mass is 9.72. The first kappa shape index (κ1) is 10.5. The standard InChI is InChI=1S/C11H18O2/c1-3-11(13)7-5-4-6-10(11)9(2)8-12/h3,10,12-13H,1-2,4-8H2. The summed E-state index contributed by atoms with van der Waals surface area (Å²) in [6.45, 7) is 7.39. The van der Waals surface area contributed by atoms with Gasteiger partial charge in [-0.3, -0.25) is 0 Å². The number of rotatable bonds is 3. The van der Waals surface area contributed by atoms with Gasteiger partial charge in [0.1, 0.15) is 0 Å². The molecule has 74 valence electrons. The van der Waals surface area contributed by atoms with Crippen LogP contribution in [0, 0.1) is 5.92 Å². The van der Waals surface area contributed by atoms with Crippen molar-refractivity contribution in [3.05, 3.63) is 24.8 Å². The molecule has 0 amide bonds. The molecule has 2 unspecified atom stereocenters. The average molecular weight is 182 g/mol. The zero-order valence-electron chi connectivity index (χ0n) is 8.00. The van der Waals surface area contributed by atoms with Crippen molar-refractivity contribution in [3.8, 4) is 0 Å². The number of aliphatic hydroxyl groups excluding tert-OH is 1. The Morgan fingerprint density at radius 2 is 2.23 bits per heavy atom. The maximum absolute atomic E-state index is 10.2. The van der Waals surface area contributed by atoms with E-state index >= 15 is 0 Å². The Hall–Kier alpha value is -0.600. The van der Waals surface area contributed by atoms with Gasteiger partial charge in [-0.25, -0.2) is 0 Å². The summed E-state index contributed by atoms with van der Waals surface area (Å²) in [5.74, 6) is -0.0104. The SMILES string of the molecule is C=CC1(O)CCCCC1C(=C)CO. The predicted octanol–water partition coefficient (Wildman–Crippen LogP) is 1.64. The van der Waals surface area contributed by atoms with Gasteiger partial charge >= 0.3 is 0 Å². The highest BCUT2D eigenvalue weighted by Gasteiger charge is 2.37. The van der Waals surface area contributed by atoms with Crippen LogP contribution in [0.4, 0.5) is 0 Å². The Morgan fingerprint density at radius 1 is 1.54 bits per heavy atom. The molecule has 2 atom stereocenters. The summed E-state index contributed by atoms with van der Waals surface area (Å²) in [5.41, 5.74) is -0.111. The number of hydrogen-bond acceptors (Lipinski definition) is 2. The van der Waals surface area contributed by atoms with Crippen LogP contribution in [0.2, 0.25) is 0 Å². The molecule has 1 rings (SSSR count). The summed E-state index contributed by atoms with van der Waals surface area (Å²) in [5, 5.41) is 19.1. The Morgan fingerprint density at radius 3 is 2.77 bits per heavy atom. The van der Waals surface area contributed by atoms with E-state index in [4.69, 9.17) is 5.11 Å². The maximum atomic E-state index is 10.2. The topological polar surface area (TPSA) is 40.5 Å². The van der Waals surface area contributed by atoms with Crippen molar-refractivity contribution in [2.24, 2.45) is 5.92 Å². The second-order valence-corrected chi connectivity index (χ2v) is 3.81. The first-order valence-electron chi connectivity index (χ1n) is 4.78. The fourth-order valence-electron chi connectivity index (χ4n) is 2.09. The minimum atomic E-state index is -0.835. The van der Waals surface area contributed by atoms with E-state index in [1.54, 1.807) is 6.08 Å². The van der Waals surface area contributed by atoms with Gasteiger partial charge in [-0.05, 0) is 18.4 Å². The van der Waals surface area contributed by atoms with Crippen molar-refractivity contribution in [3.63, 3.8) is 0 Å². The molecule has 2 heteroatoms. The Bertz CT molecular complexity index is 210. The summed E-state index contributed by atoms with van der Waals surface area (Å²) in [4.78, 5) is 0. The average Bonchev–Trinajstić information content (AvgIpc) is 2.17. The van der Waals surface area contributed by atoms with E-state index in [9.17, 15) is 5.11 Å². The van der Waals surface area contributed by atoms with E-state index in [0.717, 1.165) is 31.3 Å². The summed E-state index contributed by atoms with van der Waals surface area (Å²) < 4.78 is 0. The fraction of sp³-hybridized carbons (Fsp3) is 0.636. The maximum Gasteiger partial charge on any atom is 0.0890 e. The van der Waals surface area contributed by atoms with Crippen LogP contribution in [0.1, 0.15) is 25.7 Å². The Balaban J connectivity index is 2.78. The molecular formula is C11H18O2. The van der Waals surface area contributed by atoms with Crippen molar-refractivity contribution >= 4 is 0 Å². The second kappa shape index (κ2) is 4.07. The lowest BCUT2D eigenvalue weighted by Gasteiger charge is -2.38. The van der Waals surface area contributed by atoms with Gasteiger partial charge in [0, 0.05) is 5.92 Å². The van der Waals surface area contributed by atoms with Gasteiger partial charge in [-0.1, -0.05) is 25.5 Å². The third-order valence-corrected chi connectivity index (χ3v) is 2.97. The molecular weight excluding hydrogens is 164 g/mol. The normalized spacial score (nSPS) is 34.2. The molecule has 0 spiro atoms. The lowest BCUT2D eigenvalue weighted by Crippen LogP contribution is -2.40. The first-order valence-corrected chi connectivity index (χ1v) is 4.78. The van der Waals surface area contributed by atoms with Crippen molar-refractivity contribution in [1.82, 2.24) is 0 Å². The summed E-state index contributed by atoms with van der Waals surface area (Å²) >= 11 is 0. The van der Waals surface area contributed by atoms with Crippen LogP contribution in [0.15, 0.2) is 24.8 Å². The van der Waals surface area contributed by atoms with E-state index in [1.807, 2.05) is 0 Å². The van der Waals surface area contributed by atoms with Gasteiger partial charge in [0.15, 0.2) is 0 Å². The number of hydrogen-bond donors (Lipinski definition) is 2. The monoisotopic (exact) mass is 182 g/mol. The second-order valence-electron chi connectivity index (χ2n) is 3.81. The third kappa shape index (κ3) is 2.01. The zero-order valence-corrected chi connectivity index (χ0v) is 8.00. The van der Waals surface area contributed by atoms with E-state index in [0.29, 0.717) is 0 Å². The highest BCUT2D eigenvalue weighted by Crippen LogP contribution is 2.38. The molecule has 2 N–H and O–H groups in total. The van der Waals surface area contributed by atoms with Crippen LogP contribution in [0.3, 0.4) is 0 Å². The molecule has 0 aromatic carbocycles. The van der Waals surface area contributed by atoms with Crippen LogP contribution in [0.25, 0.3) is 0 Å². The Kier molecular flexibility index (Phi) is 3.28. The van der Waals surface area contributed by atoms with Crippen LogP contribution < -0.4 is 0 Å². The molecule has 2 nitrogen and oxygen atoms in total. The van der Waals surface area contributed by atoms with Gasteiger partial charge in [0.05, 0.1) is 12.2 Å². The molecule has 0 heterocycles. The van der Waals surface area contributed by atoms with Crippen LogP contribution in [-0.4, -0.2) is 22.4 Å². The van der Waals surface area contributed by atoms with Gasteiger partial charge in [-0.15, -0.1) is 6.58 Å². The van der Waals surface area contributed by atoms with Gasteiger partial charge < -0.3 is 10.2 Å². The van der Waals surface area contributed by atoms with E-state index in [-0.39, 0.29) is 12.5 Å². The third-order valence-electron chi connectivity index (χ3n) is 2.97. The molecule has 1 aliphatic carbocycles. The minimum Gasteiger partial charge on any atom is -0.392 e.